The Hall–Kier alpha value is -2.65. The van der Waals surface area contributed by atoms with E-state index in [-0.39, 0.29) is 23.3 Å². The smallest absolute Gasteiger partial charge is 0.262 e. The van der Waals surface area contributed by atoms with E-state index < -0.39 is 0 Å². The number of amides is 1. The summed E-state index contributed by atoms with van der Waals surface area (Å²) in [5.41, 5.74) is 0.199. The van der Waals surface area contributed by atoms with Crippen LogP contribution in [0.25, 0.3) is 10.9 Å². The van der Waals surface area contributed by atoms with Gasteiger partial charge in [0, 0.05) is 32.1 Å². The number of hydrogen-bond acceptors (Lipinski definition) is 7. The van der Waals surface area contributed by atoms with Gasteiger partial charge < -0.3 is 14.2 Å². The van der Waals surface area contributed by atoms with Crippen LogP contribution in [-0.4, -0.2) is 66.9 Å². The summed E-state index contributed by atoms with van der Waals surface area (Å²) in [5, 5.41) is 3.36. The molecule has 1 N–H and O–H groups in total. The molecule has 2 heterocycles. The Morgan fingerprint density at radius 2 is 1.97 bits per heavy atom. The Bertz CT molecular complexity index is 1040. The van der Waals surface area contributed by atoms with Crippen LogP contribution in [0.1, 0.15) is 45.4 Å². The number of ether oxygens (including phenoxy) is 3. The monoisotopic (exact) mass is 472 g/mol. The lowest BCUT2D eigenvalue weighted by Gasteiger charge is -2.26. The van der Waals surface area contributed by atoms with Gasteiger partial charge in [-0.05, 0) is 38.3 Å². The van der Waals surface area contributed by atoms with Crippen molar-refractivity contribution in [2.75, 3.05) is 51.9 Å². The van der Waals surface area contributed by atoms with Crippen LogP contribution in [-0.2, 0) is 16.1 Å². The van der Waals surface area contributed by atoms with Crippen LogP contribution in [0.15, 0.2) is 16.9 Å². The van der Waals surface area contributed by atoms with Crippen molar-refractivity contribution >= 4 is 22.8 Å². The Morgan fingerprint density at radius 1 is 1.21 bits per heavy atom. The van der Waals surface area contributed by atoms with E-state index in [4.69, 9.17) is 14.2 Å². The second-order valence-electron chi connectivity index (χ2n) is 8.96. The Labute approximate surface area is 200 Å². The summed E-state index contributed by atoms with van der Waals surface area (Å²) in [4.78, 5) is 33.1. The average Bonchev–Trinajstić information content (AvgIpc) is 2.87. The van der Waals surface area contributed by atoms with E-state index in [1.165, 1.54) is 11.0 Å². The maximum atomic E-state index is 13.2. The van der Waals surface area contributed by atoms with Gasteiger partial charge in [0.1, 0.15) is 5.52 Å². The molecule has 0 spiro atoms. The van der Waals surface area contributed by atoms with Crippen molar-refractivity contribution in [3.63, 3.8) is 0 Å². The van der Waals surface area contributed by atoms with Crippen molar-refractivity contribution in [2.24, 2.45) is 5.92 Å². The molecule has 9 heteroatoms. The highest BCUT2D eigenvalue weighted by atomic mass is 16.5. The molecule has 1 saturated heterocycles. The molecule has 1 saturated carbocycles. The molecule has 2 fully saturated rings. The van der Waals surface area contributed by atoms with Gasteiger partial charge in [0.25, 0.3) is 5.56 Å². The normalized spacial score (nSPS) is 17.6. The highest BCUT2D eigenvalue weighted by Gasteiger charge is 2.24. The predicted octanol–water partition coefficient (Wildman–Crippen LogP) is 3.04. The second-order valence-corrected chi connectivity index (χ2v) is 8.96. The Kier molecular flexibility index (Phi) is 8.39. The summed E-state index contributed by atoms with van der Waals surface area (Å²) < 4.78 is 18.6. The minimum absolute atomic E-state index is 0.0327. The molecule has 1 aliphatic heterocycles. The molecule has 9 nitrogen and oxygen atoms in total. The number of nitrogens with one attached hydrogen (secondary N) is 1. The van der Waals surface area contributed by atoms with Crippen molar-refractivity contribution in [3.8, 4) is 11.5 Å². The number of carbonyl (C=O) groups excluding carboxylic acids is 1. The molecule has 34 heavy (non-hydrogen) atoms. The SMILES string of the molecule is CCn1c(NC(=O)C2CCCCC2)nc2c(OC)c(OCCCN3CCOCC3)ccc2c1=O. The highest BCUT2D eigenvalue weighted by Crippen LogP contribution is 2.34. The maximum absolute atomic E-state index is 13.2. The summed E-state index contributed by atoms with van der Waals surface area (Å²) in [6, 6.07) is 3.49. The van der Waals surface area contributed by atoms with Crippen LogP contribution < -0.4 is 20.3 Å². The number of hydrogen-bond donors (Lipinski definition) is 1. The number of fused-ring (bicyclic) bond motifs is 1. The zero-order chi connectivity index (χ0) is 23.9. The summed E-state index contributed by atoms with van der Waals surface area (Å²) >= 11 is 0. The van der Waals surface area contributed by atoms with E-state index >= 15 is 0 Å². The van der Waals surface area contributed by atoms with Crippen LogP contribution in [0.5, 0.6) is 11.5 Å². The van der Waals surface area contributed by atoms with Crippen molar-refractivity contribution in [2.45, 2.75) is 52.0 Å². The topological polar surface area (TPSA) is 94.9 Å². The van der Waals surface area contributed by atoms with Crippen molar-refractivity contribution in [1.82, 2.24) is 14.5 Å². The number of anilines is 1. The standard InChI is InChI=1S/C25H36N4O5/c1-3-29-24(31)19-10-11-20(34-15-7-12-28-13-16-33-17-14-28)22(32-2)21(19)26-25(29)27-23(30)18-8-5-4-6-9-18/h10-11,18H,3-9,12-17H2,1-2H3,(H,26,27,30). The first kappa shape index (κ1) is 24.5. The van der Waals surface area contributed by atoms with Crippen LogP contribution in [0.3, 0.4) is 0 Å². The Balaban J connectivity index is 1.54. The number of methoxy groups -OCH3 is 1. The molecule has 2 aromatic rings. The molecule has 0 unspecified atom stereocenters. The summed E-state index contributed by atoms with van der Waals surface area (Å²) in [6.45, 7) is 7.19. The fraction of sp³-hybridized carbons (Fsp3) is 0.640. The van der Waals surface area contributed by atoms with Crippen molar-refractivity contribution < 1.29 is 19.0 Å². The molecule has 0 atom stereocenters. The number of morpholine rings is 1. The van der Waals surface area contributed by atoms with Crippen molar-refractivity contribution in [3.05, 3.63) is 22.5 Å². The maximum Gasteiger partial charge on any atom is 0.262 e. The number of rotatable bonds is 9. The number of aromatic nitrogens is 2. The number of benzene rings is 1. The van der Waals surface area contributed by atoms with Crippen LogP contribution in [0.4, 0.5) is 5.95 Å². The second kappa shape index (κ2) is 11.7. The zero-order valence-electron chi connectivity index (χ0n) is 20.3. The van der Waals surface area contributed by atoms with Crippen LogP contribution in [0.2, 0.25) is 0 Å². The van der Waals surface area contributed by atoms with Gasteiger partial charge in [0.05, 0.1) is 32.3 Å². The Morgan fingerprint density at radius 3 is 2.68 bits per heavy atom. The predicted molar refractivity (Wildman–Crippen MR) is 131 cm³/mol. The quantitative estimate of drug-likeness (QED) is 0.561. The zero-order valence-corrected chi connectivity index (χ0v) is 20.3. The molecule has 0 bridgehead atoms. The van der Waals surface area contributed by atoms with Crippen molar-refractivity contribution in [1.29, 1.82) is 0 Å². The summed E-state index contributed by atoms with van der Waals surface area (Å²) in [7, 11) is 1.54. The number of nitrogens with zero attached hydrogens (tertiary/aromatic N) is 3. The molecule has 1 amide bonds. The van der Waals surface area contributed by atoms with Gasteiger partial charge in [0.2, 0.25) is 11.9 Å². The fourth-order valence-electron chi connectivity index (χ4n) is 4.82. The first-order valence-corrected chi connectivity index (χ1v) is 12.5. The van der Waals surface area contributed by atoms with Gasteiger partial charge in [-0.3, -0.25) is 24.4 Å². The molecule has 1 aromatic heterocycles. The molecule has 0 radical (unpaired) electrons. The molecule has 1 aliphatic carbocycles. The largest absolute Gasteiger partial charge is 0.491 e. The van der Waals surface area contributed by atoms with Gasteiger partial charge in [-0.25, -0.2) is 4.98 Å². The summed E-state index contributed by atoms with van der Waals surface area (Å²) in [5.74, 6) is 1.12. The van der Waals surface area contributed by atoms with Gasteiger partial charge in [-0.15, -0.1) is 0 Å². The lowest BCUT2D eigenvalue weighted by molar-refractivity contribution is -0.120. The number of carbonyl (C=O) groups is 1. The lowest BCUT2D eigenvalue weighted by atomic mass is 9.89. The fourth-order valence-corrected chi connectivity index (χ4v) is 4.82. The van der Waals surface area contributed by atoms with E-state index in [1.54, 1.807) is 19.2 Å². The average molecular weight is 473 g/mol. The molecule has 4 rings (SSSR count). The third kappa shape index (κ3) is 5.52. The minimum atomic E-state index is -0.205. The molecule has 2 aliphatic rings. The van der Waals surface area contributed by atoms with Crippen LogP contribution >= 0.6 is 0 Å². The van der Waals surface area contributed by atoms with Gasteiger partial charge in [-0.2, -0.15) is 0 Å². The molecule has 186 valence electrons. The lowest BCUT2D eigenvalue weighted by Crippen LogP contribution is -2.37. The van der Waals surface area contributed by atoms with Gasteiger partial charge in [0.15, 0.2) is 11.5 Å². The van der Waals surface area contributed by atoms with Crippen LogP contribution in [0, 0.1) is 5.92 Å². The van der Waals surface area contributed by atoms with E-state index in [0.29, 0.717) is 35.6 Å². The van der Waals surface area contributed by atoms with E-state index in [0.717, 1.165) is 65.0 Å². The van der Waals surface area contributed by atoms with E-state index in [2.05, 4.69) is 15.2 Å². The van der Waals surface area contributed by atoms with E-state index in [9.17, 15) is 9.59 Å². The summed E-state index contributed by atoms with van der Waals surface area (Å²) in [6.07, 6.45) is 5.91. The van der Waals surface area contributed by atoms with Gasteiger partial charge in [-0.1, -0.05) is 19.3 Å². The van der Waals surface area contributed by atoms with E-state index in [1.807, 2.05) is 6.92 Å². The first-order valence-electron chi connectivity index (χ1n) is 12.5. The molecule has 1 aromatic carbocycles. The molecular formula is C25H36N4O5. The van der Waals surface area contributed by atoms with Gasteiger partial charge >= 0.3 is 0 Å². The third-order valence-corrected chi connectivity index (χ3v) is 6.76. The first-order chi connectivity index (χ1) is 16.6. The third-order valence-electron chi connectivity index (χ3n) is 6.76. The highest BCUT2D eigenvalue weighted by molar-refractivity contribution is 5.93. The minimum Gasteiger partial charge on any atom is -0.491 e. The molecular weight excluding hydrogens is 436 g/mol.